The summed E-state index contributed by atoms with van der Waals surface area (Å²) in [5.41, 5.74) is 8.42. The first kappa shape index (κ1) is 18.8. The first-order chi connectivity index (χ1) is 10.1. The number of hydrogen-bond donors (Lipinski definition) is 2. The lowest BCUT2D eigenvalue weighted by Crippen LogP contribution is -2.38. The molecule has 1 saturated carbocycles. The molecule has 0 saturated heterocycles. The minimum absolute atomic E-state index is 0. The summed E-state index contributed by atoms with van der Waals surface area (Å²) in [5, 5.41) is 2.90. The summed E-state index contributed by atoms with van der Waals surface area (Å²) in [6.07, 6.45) is 3.63. The summed E-state index contributed by atoms with van der Waals surface area (Å²) in [6.45, 7) is 5.31. The van der Waals surface area contributed by atoms with Crippen LogP contribution in [0, 0.1) is 19.8 Å². The maximum absolute atomic E-state index is 11.7. The van der Waals surface area contributed by atoms with Gasteiger partial charge in [-0.25, -0.2) is 0 Å². The fourth-order valence-electron chi connectivity index (χ4n) is 2.24. The van der Waals surface area contributed by atoms with E-state index in [0.717, 1.165) is 12.2 Å². The van der Waals surface area contributed by atoms with E-state index in [4.69, 9.17) is 10.5 Å². The second-order valence-corrected chi connectivity index (χ2v) is 6.00. The highest BCUT2D eigenvalue weighted by Crippen LogP contribution is 2.31. The number of ether oxygens (including phenoxy) is 1. The highest BCUT2D eigenvalue weighted by molar-refractivity contribution is 5.85. The molecule has 1 aliphatic carbocycles. The average molecular weight is 327 g/mol. The molecule has 1 aliphatic rings. The van der Waals surface area contributed by atoms with Crippen LogP contribution in [-0.4, -0.2) is 25.1 Å². The molecule has 0 heterocycles. The van der Waals surface area contributed by atoms with E-state index in [1.54, 1.807) is 0 Å². The fraction of sp³-hybridized carbons (Fsp3) is 0.588. The van der Waals surface area contributed by atoms with Gasteiger partial charge in [-0.15, -0.1) is 12.4 Å². The lowest BCUT2D eigenvalue weighted by atomic mass is 10.1. The number of amides is 1. The van der Waals surface area contributed by atoms with Gasteiger partial charge in [-0.1, -0.05) is 6.07 Å². The van der Waals surface area contributed by atoms with Crippen molar-refractivity contribution in [2.75, 3.05) is 13.2 Å². The van der Waals surface area contributed by atoms with Crippen LogP contribution < -0.4 is 15.8 Å². The van der Waals surface area contributed by atoms with Gasteiger partial charge in [-0.2, -0.15) is 0 Å². The Labute approximate surface area is 139 Å². The quantitative estimate of drug-likeness (QED) is 0.722. The molecule has 3 N–H and O–H groups in total. The first-order valence-electron chi connectivity index (χ1n) is 7.78. The SMILES string of the molecule is Cc1ccc(OCCCC(=O)NCC(N)C2CC2)cc1C.Cl. The maximum Gasteiger partial charge on any atom is 0.220 e. The summed E-state index contributed by atoms with van der Waals surface area (Å²) < 4.78 is 5.66. The molecule has 1 aromatic rings. The number of carbonyl (C=O) groups excluding carboxylic acids is 1. The zero-order valence-electron chi connectivity index (χ0n) is 13.4. The van der Waals surface area contributed by atoms with Gasteiger partial charge in [-0.05, 0) is 62.3 Å². The van der Waals surface area contributed by atoms with Crippen molar-refractivity contribution in [3.8, 4) is 5.75 Å². The van der Waals surface area contributed by atoms with Crippen LogP contribution in [0.3, 0.4) is 0 Å². The second-order valence-electron chi connectivity index (χ2n) is 6.00. The third-order valence-corrected chi connectivity index (χ3v) is 4.06. The van der Waals surface area contributed by atoms with Crippen molar-refractivity contribution >= 4 is 18.3 Å². The zero-order valence-corrected chi connectivity index (χ0v) is 14.2. The molecule has 1 amide bonds. The van der Waals surface area contributed by atoms with Crippen LogP contribution in [0.15, 0.2) is 18.2 Å². The number of rotatable bonds is 8. The van der Waals surface area contributed by atoms with Crippen molar-refractivity contribution in [1.29, 1.82) is 0 Å². The van der Waals surface area contributed by atoms with Crippen LogP contribution in [0.2, 0.25) is 0 Å². The minimum atomic E-state index is 0. The molecule has 22 heavy (non-hydrogen) atoms. The standard InChI is InChI=1S/C17H26N2O2.ClH/c1-12-5-8-15(10-13(12)2)21-9-3-4-17(20)19-11-16(18)14-6-7-14;/h5,8,10,14,16H,3-4,6-7,9,11,18H2,1-2H3,(H,19,20);1H. The number of halogens is 1. The molecule has 5 heteroatoms. The topological polar surface area (TPSA) is 64.3 Å². The van der Waals surface area contributed by atoms with E-state index in [1.807, 2.05) is 12.1 Å². The van der Waals surface area contributed by atoms with Crippen molar-refractivity contribution in [2.45, 2.75) is 45.6 Å². The lowest BCUT2D eigenvalue weighted by molar-refractivity contribution is -0.121. The Morgan fingerprint density at radius 1 is 1.36 bits per heavy atom. The summed E-state index contributed by atoms with van der Waals surface area (Å²) in [7, 11) is 0. The van der Waals surface area contributed by atoms with Gasteiger partial charge in [0.05, 0.1) is 6.61 Å². The molecule has 1 aromatic carbocycles. The number of aryl methyl sites for hydroxylation is 2. The molecule has 4 nitrogen and oxygen atoms in total. The molecular formula is C17H27ClN2O2. The van der Waals surface area contributed by atoms with Gasteiger partial charge in [-0.3, -0.25) is 4.79 Å². The maximum atomic E-state index is 11.7. The normalized spacial score (nSPS) is 14.9. The molecule has 1 atom stereocenters. The summed E-state index contributed by atoms with van der Waals surface area (Å²) in [4.78, 5) is 11.7. The van der Waals surface area contributed by atoms with Crippen LogP contribution in [0.5, 0.6) is 5.75 Å². The first-order valence-corrected chi connectivity index (χ1v) is 7.78. The summed E-state index contributed by atoms with van der Waals surface area (Å²) in [6, 6.07) is 6.18. The van der Waals surface area contributed by atoms with Crippen LogP contribution >= 0.6 is 12.4 Å². The van der Waals surface area contributed by atoms with Gasteiger partial charge in [0, 0.05) is 19.0 Å². The van der Waals surface area contributed by atoms with Crippen molar-refractivity contribution < 1.29 is 9.53 Å². The third kappa shape index (κ3) is 6.24. The Balaban J connectivity index is 0.00000242. The lowest BCUT2D eigenvalue weighted by Gasteiger charge is -2.12. The molecule has 0 aromatic heterocycles. The number of nitrogens with one attached hydrogen (secondary N) is 1. The van der Waals surface area contributed by atoms with Crippen LogP contribution in [-0.2, 0) is 4.79 Å². The van der Waals surface area contributed by atoms with E-state index in [9.17, 15) is 4.79 Å². The molecular weight excluding hydrogens is 300 g/mol. The highest BCUT2D eigenvalue weighted by Gasteiger charge is 2.28. The van der Waals surface area contributed by atoms with Gasteiger partial charge in [0.25, 0.3) is 0 Å². The monoisotopic (exact) mass is 326 g/mol. The van der Waals surface area contributed by atoms with Crippen molar-refractivity contribution in [3.05, 3.63) is 29.3 Å². The highest BCUT2D eigenvalue weighted by atomic mass is 35.5. The molecule has 0 bridgehead atoms. The van der Waals surface area contributed by atoms with Gasteiger partial charge in [0.2, 0.25) is 5.91 Å². The number of carbonyl (C=O) groups is 1. The van der Waals surface area contributed by atoms with Crippen LogP contribution in [0.25, 0.3) is 0 Å². The smallest absolute Gasteiger partial charge is 0.220 e. The van der Waals surface area contributed by atoms with Crippen LogP contribution in [0.1, 0.15) is 36.8 Å². The van der Waals surface area contributed by atoms with Crippen molar-refractivity contribution in [1.82, 2.24) is 5.32 Å². The van der Waals surface area contributed by atoms with Crippen LogP contribution in [0.4, 0.5) is 0 Å². The Hall–Kier alpha value is -1.26. The van der Waals surface area contributed by atoms with E-state index < -0.39 is 0 Å². The molecule has 0 aliphatic heterocycles. The molecule has 1 fully saturated rings. The molecule has 0 spiro atoms. The largest absolute Gasteiger partial charge is 0.494 e. The summed E-state index contributed by atoms with van der Waals surface area (Å²) in [5.74, 6) is 1.56. The van der Waals surface area contributed by atoms with Gasteiger partial charge in [0.1, 0.15) is 5.75 Å². The molecule has 1 unspecified atom stereocenters. The third-order valence-electron chi connectivity index (χ3n) is 4.06. The van der Waals surface area contributed by atoms with E-state index in [0.29, 0.717) is 25.5 Å². The Bertz CT molecular complexity index is 490. The average Bonchev–Trinajstić information content (AvgIpc) is 3.29. The fourth-order valence-corrected chi connectivity index (χ4v) is 2.24. The molecule has 0 radical (unpaired) electrons. The Kier molecular flexibility index (Phi) is 7.69. The van der Waals surface area contributed by atoms with Gasteiger partial charge >= 0.3 is 0 Å². The second kappa shape index (κ2) is 9.01. The molecule has 124 valence electrons. The Morgan fingerprint density at radius 2 is 2.09 bits per heavy atom. The van der Waals surface area contributed by atoms with E-state index in [-0.39, 0.29) is 24.4 Å². The van der Waals surface area contributed by atoms with E-state index in [2.05, 4.69) is 25.2 Å². The van der Waals surface area contributed by atoms with E-state index in [1.165, 1.54) is 24.0 Å². The predicted molar refractivity (Wildman–Crippen MR) is 91.6 cm³/mol. The van der Waals surface area contributed by atoms with Crippen molar-refractivity contribution in [2.24, 2.45) is 11.7 Å². The number of nitrogens with two attached hydrogens (primary N) is 1. The van der Waals surface area contributed by atoms with E-state index >= 15 is 0 Å². The predicted octanol–water partition coefficient (Wildman–Crippen LogP) is 2.74. The number of benzene rings is 1. The minimum Gasteiger partial charge on any atom is -0.494 e. The Morgan fingerprint density at radius 3 is 2.73 bits per heavy atom. The van der Waals surface area contributed by atoms with Crippen molar-refractivity contribution in [3.63, 3.8) is 0 Å². The summed E-state index contributed by atoms with van der Waals surface area (Å²) >= 11 is 0. The van der Waals surface area contributed by atoms with Gasteiger partial charge < -0.3 is 15.8 Å². The number of hydrogen-bond acceptors (Lipinski definition) is 3. The molecule has 2 rings (SSSR count). The van der Waals surface area contributed by atoms with Gasteiger partial charge in [0.15, 0.2) is 0 Å². The zero-order chi connectivity index (χ0) is 15.2.